The highest BCUT2D eigenvalue weighted by molar-refractivity contribution is 5.49. The van der Waals surface area contributed by atoms with Crippen LogP contribution in [0, 0.1) is 13.8 Å². The normalized spacial score (nSPS) is 10.9. The Morgan fingerprint density at radius 2 is 1.86 bits per heavy atom. The summed E-state index contributed by atoms with van der Waals surface area (Å²) in [6, 6.07) is 13.8. The lowest BCUT2D eigenvalue weighted by Gasteiger charge is -2.19. The number of nitrogens with zero attached hydrogens (tertiary/aromatic N) is 3. The van der Waals surface area contributed by atoms with E-state index < -0.39 is 0 Å². The lowest BCUT2D eigenvalue weighted by Crippen LogP contribution is -2.21. The first kappa shape index (κ1) is 14.3. The van der Waals surface area contributed by atoms with Crippen LogP contribution in [0.15, 0.2) is 53.5 Å². The van der Waals surface area contributed by atoms with Crippen LogP contribution in [0.1, 0.15) is 16.8 Å². The van der Waals surface area contributed by atoms with E-state index in [1.807, 2.05) is 26.1 Å². The van der Waals surface area contributed by atoms with Crippen LogP contribution in [-0.4, -0.2) is 16.4 Å². The van der Waals surface area contributed by atoms with Gasteiger partial charge in [0.2, 0.25) is 0 Å². The molecule has 0 aliphatic rings. The van der Waals surface area contributed by atoms with Crippen LogP contribution in [0.25, 0.3) is 5.65 Å². The van der Waals surface area contributed by atoms with Gasteiger partial charge >= 0.3 is 0 Å². The SMILES string of the molecule is Cc1ccc(N(C)Cc2cc(=O)n3cccc(C)c3n2)cc1. The van der Waals surface area contributed by atoms with E-state index in [-0.39, 0.29) is 5.56 Å². The lowest BCUT2D eigenvalue weighted by molar-refractivity contribution is 0.868. The van der Waals surface area contributed by atoms with Crippen molar-refractivity contribution >= 4 is 11.3 Å². The van der Waals surface area contributed by atoms with Gasteiger partial charge in [-0.05, 0) is 37.6 Å². The summed E-state index contributed by atoms with van der Waals surface area (Å²) in [5.74, 6) is 0. The van der Waals surface area contributed by atoms with Crippen LogP contribution >= 0.6 is 0 Å². The first-order valence-electron chi connectivity index (χ1n) is 7.30. The van der Waals surface area contributed by atoms with E-state index in [4.69, 9.17) is 0 Å². The summed E-state index contributed by atoms with van der Waals surface area (Å²) in [5.41, 5.74) is 4.80. The third-order valence-electron chi connectivity index (χ3n) is 3.81. The molecule has 0 unspecified atom stereocenters. The second kappa shape index (κ2) is 5.64. The Morgan fingerprint density at radius 3 is 2.59 bits per heavy atom. The molecule has 0 aliphatic heterocycles. The molecule has 0 radical (unpaired) electrons. The average Bonchev–Trinajstić information content (AvgIpc) is 2.49. The van der Waals surface area contributed by atoms with Gasteiger partial charge in [0.05, 0.1) is 12.2 Å². The number of pyridine rings is 1. The molecule has 0 N–H and O–H groups in total. The molecule has 0 saturated carbocycles. The first-order chi connectivity index (χ1) is 10.5. The molecule has 2 aromatic heterocycles. The van der Waals surface area contributed by atoms with Crippen LogP contribution in [0.2, 0.25) is 0 Å². The monoisotopic (exact) mass is 293 g/mol. The predicted molar refractivity (Wildman–Crippen MR) is 89.5 cm³/mol. The largest absolute Gasteiger partial charge is 0.369 e. The van der Waals surface area contributed by atoms with Crippen LogP contribution in [-0.2, 0) is 6.54 Å². The van der Waals surface area contributed by atoms with E-state index in [0.717, 1.165) is 22.6 Å². The molecule has 0 fully saturated rings. The van der Waals surface area contributed by atoms with E-state index in [2.05, 4.69) is 41.1 Å². The Labute approximate surface area is 129 Å². The van der Waals surface area contributed by atoms with Crippen molar-refractivity contribution < 1.29 is 0 Å². The van der Waals surface area contributed by atoms with Crippen molar-refractivity contribution in [1.29, 1.82) is 0 Å². The predicted octanol–water partition coefficient (Wildman–Crippen LogP) is 2.95. The standard InChI is InChI=1S/C18H19N3O/c1-13-6-8-16(9-7-13)20(3)12-15-11-17(22)21-10-4-5-14(2)18(21)19-15/h4-11H,12H2,1-3H3. The number of benzene rings is 1. The summed E-state index contributed by atoms with van der Waals surface area (Å²) in [5, 5.41) is 0. The maximum Gasteiger partial charge on any atom is 0.258 e. The third kappa shape index (κ3) is 2.72. The number of hydrogen-bond donors (Lipinski definition) is 0. The van der Waals surface area contributed by atoms with Crippen molar-refractivity contribution in [2.75, 3.05) is 11.9 Å². The molecule has 0 saturated heterocycles. The topological polar surface area (TPSA) is 37.6 Å². The molecule has 2 heterocycles. The zero-order valence-electron chi connectivity index (χ0n) is 13.1. The van der Waals surface area contributed by atoms with Gasteiger partial charge in [-0.1, -0.05) is 23.8 Å². The second-order valence-corrected chi connectivity index (χ2v) is 5.66. The zero-order valence-corrected chi connectivity index (χ0v) is 13.1. The Bertz CT molecular complexity index is 866. The van der Waals surface area contributed by atoms with Crippen molar-refractivity contribution in [1.82, 2.24) is 9.38 Å². The average molecular weight is 293 g/mol. The molecule has 0 atom stereocenters. The Hall–Kier alpha value is -2.62. The lowest BCUT2D eigenvalue weighted by atomic mass is 10.2. The number of rotatable bonds is 3. The number of aromatic nitrogens is 2. The molecule has 112 valence electrons. The molecule has 1 aromatic carbocycles. The van der Waals surface area contributed by atoms with Gasteiger partial charge in [-0.2, -0.15) is 0 Å². The minimum atomic E-state index is -0.0407. The first-order valence-corrected chi connectivity index (χ1v) is 7.30. The molecule has 0 bridgehead atoms. The highest BCUT2D eigenvalue weighted by Crippen LogP contribution is 2.15. The van der Waals surface area contributed by atoms with Crippen LogP contribution in [0.5, 0.6) is 0 Å². The van der Waals surface area contributed by atoms with Crippen molar-refractivity contribution in [3.05, 3.63) is 75.8 Å². The van der Waals surface area contributed by atoms with Gasteiger partial charge in [-0.25, -0.2) is 4.98 Å². The quantitative estimate of drug-likeness (QED) is 0.745. The van der Waals surface area contributed by atoms with E-state index >= 15 is 0 Å². The smallest absolute Gasteiger partial charge is 0.258 e. The fourth-order valence-electron chi connectivity index (χ4n) is 2.52. The van der Waals surface area contributed by atoms with Crippen LogP contribution in [0.3, 0.4) is 0 Å². The van der Waals surface area contributed by atoms with Crippen molar-refractivity contribution in [3.8, 4) is 0 Å². The summed E-state index contributed by atoms with van der Waals surface area (Å²) in [4.78, 5) is 19.0. The molecule has 4 nitrogen and oxygen atoms in total. The molecular formula is C18H19N3O. The molecule has 3 rings (SSSR count). The van der Waals surface area contributed by atoms with Gasteiger partial charge < -0.3 is 4.90 Å². The van der Waals surface area contributed by atoms with Crippen molar-refractivity contribution in [2.24, 2.45) is 0 Å². The minimum Gasteiger partial charge on any atom is -0.369 e. The maximum absolute atomic E-state index is 12.2. The summed E-state index contributed by atoms with van der Waals surface area (Å²) >= 11 is 0. The molecule has 4 heteroatoms. The number of aryl methyl sites for hydroxylation is 2. The van der Waals surface area contributed by atoms with Gasteiger partial charge in [-0.15, -0.1) is 0 Å². The van der Waals surface area contributed by atoms with Crippen molar-refractivity contribution in [2.45, 2.75) is 20.4 Å². The molecular weight excluding hydrogens is 274 g/mol. The number of fused-ring (bicyclic) bond motifs is 1. The van der Waals surface area contributed by atoms with Gasteiger partial charge in [-0.3, -0.25) is 9.20 Å². The summed E-state index contributed by atoms with van der Waals surface area (Å²) in [7, 11) is 2.01. The molecule has 0 amide bonds. The van der Waals surface area contributed by atoms with Gasteiger partial charge in [0.25, 0.3) is 5.56 Å². The molecule has 0 spiro atoms. The highest BCUT2D eigenvalue weighted by atomic mass is 16.1. The van der Waals surface area contributed by atoms with E-state index in [0.29, 0.717) is 6.54 Å². The fraction of sp³-hybridized carbons (Fsp3) is 0.222. The van der Waals surface area contributed by atoms with Gasteiger partial charge in [0.15, 0.2) is 0 Å². The van der Waals surface area contributed by atoms with Crippen LogP contribution in [0.4, 0.5) is 5.69 Å². The van der Waals surface area contributed by atoms with Gasteiger partial charge in [0, 0.05) is 25.0 Å². The summed E-state index contributed by atoms with van der Waals surface area (Å²) < 4.78 is 1.59. The Kier molecular flexibility index (Phi) is 3.67. The van der Waals surface area contributed by atoms with Crippen molar-refractivity contribution in [3.63, 3.8) is 0 Å². The molecule has 3 aromatic rings. The third-order valence-corrected chi connectivity index (χ3v) is 3.81. The fourth-order valence-corrected chi connectivity index (χ4v) is 2.52. The minimum absolute atomic E-state index is 0.0407. The highest BCUT2D eigenvalue weighted by Gasteiger charge is 2.07. The van der Waals surface area contributed by atoms with Crippen LogP contribution < -0.4 is 10.5 Å². The summed E-state index contributed by atoms with van der Waals surface area (Å²) in [6.45, 7) is 4.64. The Balaban J connectivity index is 1.95. The van der Waals surface area contributed by atoms with E-state index in [9.17, 15) is 4.79 Å². The summed E-state index contributed by atoms with van der Waals surface area (Å²) in [6.07, 6.45) is 1.76. The second-order valence-electron chi connectivity index (χ2n) is 5.66. The molecule has 22 heavy (non-hydrogen) atoms. The van der Waals surface area contributed by atoms with E-state index in [1.165, 1.54) is 5.56 Å². The number of hydrogen-bond acceptors (Lipinski definition) is 3. The van der Waals surface area contributed by atoms with Gasteiger partial charge in [0.1, 0.15) is 5.65 Å². The van der Waals surface area contributed by atoms with E-state index in [1.54, 1.807) is 16.7 Å². The molecule has 0 aliphatic carbocycles. The zero-order chi connectivity index (χ0) is 15.7. The number of anilines is 1. The Morgan fingerprint density at radius 1 is 1.14 bits per heavy atom. The maximum atomic E-state index is 12.2.